The van der Waals surface area contributed by atoms with Gasteiger partial charge in [-0.3, -0.25) is 9.69 Å². The largest absolute Gasteiger partial charge is 0.443 e. The first-order valence-electron chi connectivity index (χ1n) is 10.7. The molecule has 0 spiro atoms. The summed E-state index contributed by atoms with van der Waals surface area (Å²) in [7, 11) is 0. The molecule has 2 aromatic carbocycles. The van der Waals surface area contributed by atoms with Gasteiger partial charge in [0.05, 0.1) is 6.04 Å². The quantitative estimate of drug-likeness (QED) is 0.216. The predicted octanol–water partition coefficient (Wildman–Crippen LogP) is 5.78. The highest BCUT2D eigenvalue weighted by atomic mass is 19.1. The fourth-order valence-electron chi connectivity index (χ4n) is 3.31. The van der Waals surface area contributed by atoms with Gasteiger partial charge in [0.1, 0.15) is 17.2 Å². The SMILES string of the molecule is CC(c1ccccc1)N(C(=O)OC(C)(C)C)c1cc(/C(=N\O)C(=O)c2ccc(F)cc2)ccn1. The number of carbonyl (C=O) groups excluding carboxylic acids is 2. The van der Waals surface area contributed by atoms with E-state index in [1.54, 1.807) is 20.8 Å². The summed E-state index contributed by atoms with van der Waals surface area (Å²) in [6.45, 7) is 7.12. The third-order valence-electron chi connectivity index (χ3n) is 4.95. The average Bonchev–Trinajstić information content (AvgIpc) is 2.80. The van der Waals surface area contributed by atoms with Gasteiger partial charge in [0.25, 0.3) is 0 Å². The van der Waals surface area contributed by atoms with Gasteiger partial charge >= 0.3 is 6.09 Å². The van der Waals surface area contributed by atoms with Gasteiger partial charge in [-0.1, -0.05) is 35.5 Å². The number of hydrogen-bond acceptors (Lipinski definition) is 6. The zero-order chi connectivity index (χ0) is 24.9. The van der Waals surface area contributed by atoms with Gasteiger partial charge in [0.15, 0.2) is 5.71 Å². The average molecular weight is 464 g/mol. The molecule has 8 heteroatoms. The summed E-state index contributed by atoms with van der Waals surface area (Å²) < 4.78 is 18.9. The molecule has 1 aromatic heterocycles. The molecule has 0 saturated carbocycles. The summed E-state index contributed by atoms with van der Waals surface area (Å²) in [5.74, 6) is -0.899. The minimum atomic E-state index is -0.750. The number of halogens is 1. The molecular formula is C26H26FN3O4. The van der Waals surface area contributed by atoms with Crippen molar-refractivity contribution < 1.29 is 23.9 Å². The third-order valence-corrected chi connectivity index (χ3v) is 4.95. The minimum Gasteiger partial charge on any atom is -0.443 e. The molecule has 0 aliphatic rings. The van der Waals surface area contributed by atoms with Gasteiger partial charge in [0.2, 0.25) is 5.78 Å². The lowest BCUT2D eigenvalue weighted by Crippen LogP contribution is -2.39. The van der Waals surface area contributed by atoms with Crippen molar-refractivity contribution in [1.29, 1.82) is 0 Å². The van der Waals surface area contributed by atoms with Crippen molar-refractivity contribution in [2.45, 2.75) is 39.3 Å². The van der Waals surface area contributed by atoms with Crippen molar-refractivity contribution in [2.24, 2.45) is 5.16 Å². The van der Waals surface area contributed by atoms with Crippen LogP contribution in [0.5, 0.6) is 0 Å². The van der Waals surface area contributed by atoms with Crippen LogP contribution < -0.4 is 4.90 Å². The number of aromatic nitrogens is 1. The van der Waals surface area contributed by atoms with E-state index in [0.29, 0.717) is 0 Å². The first kappa shape index (κ1) is 24.6. The van der Waals surface area contributed by atoms with Crippen molar-refractivity contribution in [2.75, 3.05) is 4.90 Å². The molecule has 176 valence electrons. The molecule has 1 N–H and O–H groups in total. The molecule has 3 rings (SSSR count). The maximum absolute atomic E-state index is 13.3. The second-order valence-electron chi connectivity index (χ2n) is 8.62. The van der Waals surface area contributed by atoms with Crippen molar-refractivity contribution in [3.8, 4) is 0 Å². The van der Waals surface area contributed by atoms with E-state index in [1.165, 1.54) is 35.4 Å². The van der Waals surface area contributed by atoms with Crippen LogP contribution in [0.2, 0.25) is 0 Å². The van der Waals surface area contributed by atoms with E-state index in [0.717, 1.165) is 17.7 Å². The van der Waals surface area contributed by atoms with Crippen LogP contribution in [0.4, 0.5) is 15.0 Å². The number of ketones is 1. The molecule has 1 amide bonds. The zero-order valence-corrected chi connectivity index (χ0v) is 19.4. The highest BCUT2D eigenvalue weighted by molar-refractivity contribution is 6.51. The van der Waals surface area contributed by atoms with Crippen LogP contribution in [0.15, 0.2) is 78.1 Å². The Morgan fingerprint density at radius 3 is 2.26 bits per heavy atom. The zero-order valence-electron chi connectivity index (χ0n) is 19.4. The Morgan fingerprint density at radius 2 is 1.68 bits per heavy atom. The van der Waals surface area contributed by atoms with E-state index >= 15 is 0 Å². The van der Waals surface area contributed by atoms with Gasteiger partial charge in [-0.15, -0.1) is 0 Å². The first-order chi connectivity index (χ1) is 16.1. The molecule has 0 bridgehead atoms. The molecule has 7 nitrogen and oxygen atoms in total. The number of rotatable bonds is 6. The Morgan fingerprint density at radius 1 is 1.03 bits per heavy atom. The number of amides is 1. The second kappa shape index (κ2) is 10.2. The smallest absolute Gasteiger partial charge is 0.416 e. The molecule has 34 heavy (non-hydrogen) atoms. The lowest BCUT2D eigenvalue weighted by molar-refractivity contribution is 0.0566. The van der Waals surface area contributed by atoms with Crippen LogP contribution in [0, 0.1) is 5.82 Å². The second-order valence-corrected chi connectivity index (χ2v) is 8.62. The Labute approximate surface area is 197 Å². The number of ether oxygens (including phenoxy) is 1. The number of anilines is 1. The number of hydrogen-bond donors (Lipinski definition) is 1. The minimum absolute atomic E-state index is 0.147. The van der Waals surface area contributed by atoms with Crippen LogP contribution in [-0.2, 0) is 4.74 Å². The molecule has 1 unspecified atom stereocenters. The summed E-state index contributed by atoms with van der Waals surface area (Å²) >= 11 is 0. The number of oxime groups is 1. The highest BCUT2D eigenvalue weighted by Gasteiger charge is 2.30. The molecule has 0 saturated heterocycles. The van der Waals surface area contributed by atoms with Gasteiger partial charge in [-0.25, -0.2) is 14.2 Å². The van der Waals surface area contributed by atoms with E-state index in [2.05, 4.69) is 10.1 Å². The Bertz CT molecular complexity index is 1190. The van der Waals surface area contributed by atoms with Crippen LogP contribution in [0.1, 0.15) is 55.2 Å². The van der Waals surface area contributed by atoms with Crippen LogP contribution in [0.3, 0.4) is 0 Å². The maximum atomic E-state index is 13.3. The van der Waals surface area contributed by atoms with Gasteiger partial charge < -0.3 is 9.94 Å². The van der Waals surface area contributed by atoms with Crippen LogP contribution in [-0.4, -0.2) is 33.4 Å². The number of Topliss-reactive ketones (excluding diaryl/α,β-unsaturated/α-hetero) is 1. The fourth-order valence-corrected chi connectivity index (χ4v) is 3.31. The van der Waals surface area contributed by atoms with Gasteiger partial charge in [0, 0.05) is 17.3 Å². The molecule has 0 aliphatic heterocycles. The number of benzene rings is 2. The van der Waals surface area contributed by atoms with E-state index < -0.39 is 29.3 Å². The highest BCUT2D eigenvalue weighted by Crippen LogP contribution is 2.28. The summed E-state index contributed by atoms with van der Waals surface area (Å²) in [5, 5.41) is 12.8. The van der Waals surface area contributed by atoms with Crippen molar-refractivity contribution in [3.63, 3.8) is 0 Å². The predicted molar refractivity (Wildman–Crippen MR) is 127 cm³/mol. The number of nitrogens with zero attached hydrogens (tertiary/aromatic N) is 3. The molecule has 1 heterocycles. The molecular weight excluding hydrogens is 437 g/mol. The lowest BCUT2D eigenvalue weighted by Gasteiger charge is -2.31. The number of carbonyl (C=O) groups is 2. The summed E-state index contributed by atoms with van der Waals surface area (Å²) in [6, 6.07) is 16.7. The van der Waals surface area contributed by atoms with Crippen LogP contribution >= 0.6 is 0 Å². The molecule has 0 radical (unpaired) electrons. The first-order valence-corrected chi connectivity index (χ1v) is 10.7. The lowest BCUT2D eigenvalue weighted by atomic mass is 10.0. The van der Waals surface area contributed by atoms with E-state index in [9.17, 15) is 19.2 Å². The molecule has 3 aromatic rings. The van der Waals surface area contributed by atoms with E-state index in [4.69, 9.17) is 4.74 Å². The van der Waals surface area contributed by atoms with Crippen LogP contribution in [0.25, 0.3) is 0 Å². The Balaban J connectivity index is 2.03. The van der Waals surface area contributed by atoms with Crippen molar-refractivity contribution >= 4 is 23.4 Å². The Hall–Kier alpha value is -4.07. The van der Waals surface area contributed by atoms with Gasteiger partial charge in [-0.2, -0.15) is 0 Å². The summed E-state index contributed by atoms with van der Waals surface area (Å²) in [5.41, 5.74) is 0.204. The van der Waals surface area contributed by atoms with Crippen molar-refractivity contribution in [1.82, 2.24) is 4.98 Å². The maximum Gasteiger partial charge on any atom is 0.416 e. The fraction of sp³-hybridized carbons (Fsp3) is 0.231. The summed E-state index contributed by atoms with van der Waals surface area (Å²) in [4.78, 5) is 31.8. The monoisotopic (exact) mass is 463 g/mol. The standard InChI is InChI=1S/C26H26FN3O4/c1-17(18-8-6-5-7-9-18)30(25(32)34-26(2,3)4)22-16-20(14-15-28-22)23(29-33)24(31)19-10-12-21(27)13-11-19/h5-17,33H,1-4H3/b29-23+. The summed E-state index contributed by atoms with van der Waals surface area (Å²) in [6.07, 6.45) is 0.781. The topological polar surface area (TPSA) is 92.1 Å². The molecule has 0 aliphatic carbocycles. The molecule has 1 atom stereocenters. The Kier molecular flexibility index (Phi) is 7.40. The number of pyridine rings is 1. The van der Waals surface area contributed by atoms with Gasteiger partial charge in [-0.05, 0) is 69.7 Å². The normalized spacial score (nSPS) is 12.7. The third kappa shape index (κ3) is 5.83. The van der Waals surface area contributed by atoms with E-state index in [-0.39, 0.29) is 22.7 Å². The van der Waals surface area contributed by atoms with Crippen molar-refractivity contribution in [3.05, 3.63) is 95.4 Å². The van der Waals surface area contributed by atoms with E-state index in [1.807, 2.05) is 37.3 Å². The molecule has 0 fully saturated rings.